The van der Waals surface area contributed by atoms with Crippen molar-refractivity contribution >= 4 is 11.6 Å². The minimum absolute atomic E-state index is 0.0697. The summed E-state index contributed by atoms with van der Waals surface area (Å²) < 4.78 is 0. The van der Waals surface area contributed by atoms with E-state index in [0.29, 0.717) is 23.8 Å². The maximum atomic E-state index is 12.1. The number of benzene rings is 1. The van der Waals surface area contributed by atoms with Gasteiger partial charge in [-0.3, -0.25) is 9.69 Å². The van der Waals surface area contributed by atoms with E-state index < -0.39 is 0 Å². The number of nitrogen functional groups attached to an aromatic ring is 1. The molecule has 0 spiro atoms. The summed E-state index contributed by atoms with van der Waals surface area (Å²) in [4.78, 5) is 14.5. The van der Waals surface area contributed by atoms with E-state index in [-0.39, 0.29) is 5.91 Å². The molecule has 3 N–H and O–H groups in total. The van der Waals surface area contributed by atoms with Gasteiger partial charge in [0, 0.05) is 18.3 Å². The van der Waals surface area contributed by atoms with E-state index in [1.165, 1.54) is 19.3 Å². The summed E-state index contributed by atoms with van der Waals surface area (Å²) in [5.74, 6) is -0.0697. The van der Waals surface area contributed by atoms with Crippen LogP contribution in [0.25, 0.3) is 0 Å². The van der Waals surface area contributed by atoms with E-state index in [4.69, 9.17) is 5.73 Å². The third-order valence-corrected chi connectivity index (χ3v) is 3.86. The van der Waals surface area contributed by atoms with Gasteiger partial charge in [-0.15, -0.1) is 0 Å². The molecule has 1 aliphatic rings. The van der Waals surface area contributed by atoms with Crippen molar-refractivity contribution in [3.8, 4) is 0 Å². The molecule has 2 rings (SSSR count). The number of rotatable bonds is 4. The van der Waals surface area contributed by atoms with Crippen LogP contribution in [0, 0.1) is 0 Å². The summed E-state index contributed by atoms with van der Waals surface area (Å²) in [5, 5.41) is 3.01. The lowest BCUT2D eigenvalue weighted by molar-refractivity contribution is 0.0919. The number of hydrogen-bond acceptors (Lipinski definition) is 3. The van der Waals surface area contributed by atoms with Gasteiger partial charge >= 0.3 is 0 Å². The molecule has 1 amide bonds. The standard InChI is InChI=1S/C15H23N3O/c1-2-18-10-6-5-7-12(18)11-17-15(19)13-8-3-4-9-14(13)16/h3-4,8-9,12H,2,5-7,10-11,16H2,1H3,(H,17,19). The fraction of sp³-hybridized carbons (Fsp3) is 0.533. The Morgan fingerprint density at radius 2 is 2.21 bits per heavy atom. The van der Waals surface area contributed by atoms with E-state index in [1.807, 2.05) is 12.1 Å². The van der Waals surface area contributed by atoms with Gasteiger partial charge in [-0.1, -0.05) is 25.5 Å². The van der Waals surface area contributed by atoms with Gasteiger partial charge in [-0.05, 0) is 38.1 Å². The third kappa shape index (κ3) is 3.47. The van der Waals surface area contributed by atoms with Crippen LogP contribution in [0.1, 0.15) is 36.5 Å². The number of nitrogens with zero attached hydrogens (tertiary/aromatic N) is 1. The van der Waals surface area contributed by atoms with E-state index in [1.54, 1.807) is 12.1 Å². The largest absolute Gasteiger partial charge is 0.398 e. The molecule has 4 nitrogen and oxygen atoms in total. The van der Waals surface area contributed by atoms with Crippen LogP contribution in [-0.4, -0.2) is 36.5 Å². The highest BCUT2D eigenvalue weighted by molar-refractivity contribution is 5.99. The molecule has 0 saturated carbocycles. The molecule has 104 valence electrons. The number of amides is 1. The first-order valence-corrected chi connectivity index (χ1v) is 7.09. The van der Waals surface area contributed by atoms with E-state index in [2.05, 4.69) is 17.1 Å². The first kappa shape index (κ1) is 13.9. The Kier molecular flexibility index (Phi) is 4.80. The second kappa shape index (κ2) is 6.57. The Morgan fingerprint density at radius 3 is 2.95 bits per heavy atom. The minimum atomic E-state index is -0.0697. The lowest BCUT2D eigenvalue weighted by Crippen LogP contribution is -2.46. The van der Waals surface area contributed by atoms with Crippen LogP contribution in [0.4, 0.5) is 5.69 Å². The van der Waals surface area contributed by atoms with Crippen LogP contribution >= 0.6 is 0 Å². The van der Waals surface area contributed by atoms with Crippen molar-refractivity contribution in [2.75, 3.05) is 25.4 Å². The van der Waals surface area contributed by atoms with Crippen molar-refractivity contribution in [3.63, 3.8) is 0 Å². The van der Waals surface area contributed by atoms with Crippen molar-refractivity contribution in [3.05, 3.63) is 29.8 Å². The highest BCUT2D eigenvalue weighted by Crippen LogP contribution is 2.16. The summed E-state index contributed by atoms with van der Waals surface area (Å²) in [5.41, 5.74) is 6.92. The summed E-state index contributed by atoms with van der Waals surface area (Å²) in [6.45, 7) is 5.08. The van der Waals surface area contributed by atoms with Gasteiger partial charge in [0.15, 0.2) is 0 Å². The zero-order valence-corrected chi connectivity index (χ0v) is 11.6. The zero-order valence-electron chi connectivity index (χ0n) is 11.6. The van der Waals surface area contributed by atoms with Crippen molar-refractivity contribution in [1.82, 2.24) is 10.2 Å². The molecule has 1 atom stereocenters. The van der Waals surface area contributed by atoms with Crippen molar-refractivity contribution in [1.29, 1.82) is 0 Å². The zero-order chi connectivity index (χ0) is 13.7. The lowest BCUT2D eigenvalue weighted by Gasteiger charge is -2.34. The smallest absolute Gasteiger partial charge is 0.253 e. The third-order valence-electron chi connectivity index (χ3n) is 3.86. The van der Waals surface area contributed by atoms with E-state index in [9.17, 15) is 4.79 Å². The predicted molar refractivity (Wildman–Crippen MR) is 78.1 cm³/mol. The first-order valence-electron chi connectivity index (χ1n) is 7.09. The number of carbonyl (C=O) groups is 1. The molecule has 1 fully saturated rings. The number of piperidine rings is 1. The van der Waals surface area contributed by atoms with Gasteiger partial charge in [-0.2, -0.15) is 0 Å². The predicted octanol–water partition coefficient (Wildman–Crippen LogP) is 1.87. The Hall–Kier alpha value is -1.55. The summed E-state index contributed by atoms with van der Waals surface area (Å²) in [7, 11) is 0. The molecular formula is C15H23N3O. The van der Waals surface area contributed by atoms with Crippen LogP contribution in [0.2, 0.25) is 0 Å². The fourth-order valence-electron chi connectivity index (χ4n) is 2.72. The van der Waals surface area contributed by atoms with Gasteiger partial charge in [0.25, 0.3) is 5.91 Å². The summed E-state index contributed by atoms with van der Waals surface area (Å²) in [6, 6.07) is 7.67. The van der Waals surface area contributed by atoms with E-state index in [0.717, 1.165) is 13.1 Å². The maximum absolute atomic E-state index is 12.1. The second-order valence-corrected chi connectivity index (χ2v) is 5.08. The van der Waals surface area contributed by atoms with Crippen molar-refractivity contribution in [2.45, 2.75) is 32.2 Å². The Balaban J connectivity index is 1.91. The molecule has 0 aromatic heterocycles. The van der Waals surface area contributed by atoms with Crippen LogP contribution in [0.3, 0.4) is 0 Å². The number of nitrogens with two attached hydrogens (primary N) is 1. The quantitative estimate of drug-likeness (QED) is 0.814. The van der Waals surface area contributed by atoms with Crippen LogP contribution in [-0.2, 0) is 0 Å². The van der Waals surface area contributed by atoms with Crippen LogP contribution in [0.15, 0.2) is 24.3 Å². The molecule has 0 bridgehead atoms. The molecule has 19 heavy (non-hydrogen) atoms. The van der Waals surface area contributed by atoms with Gasteiger partial charge in [0.1, 0.15) is 0 Å². The molecule has 1 aromatic carbocycles. The molecule has 1 unspecified atom stereocenters. The molecule has 1 saturated heterocycles. The number of anilines is 1. The molecule has 4 heteroatoms. The summed E-state index contributed by atoms with van der Waals surface area (Å²) >= 11 is 0. The molecule has 0 aliphatic carbocycles. The Bertz CT molecular complexity index is 433. The lowest BCUT2D eigenvalue weighted by atomic mass is 10.0. The number of carbonyl (C=O) groups excluding carboxylic acids is 1. The first-order chi connectivity index (χ1) is 9.22. The molecule has 1 aliphatic heterocycles. The van der Waals surface area contributed by atoms with Crippen molar-refractivity contribution in [2.24, 2.45) is 0 Å². The number of likely N-dealkylation sites (tertiary alicyclic amines) is 1. The Labute approximate surface area is 115 Å². The van der Waals surface area contributed by atoms with Gasteiger partial charge in [0.2, 0.25) is 0 Å². The molecule has 1 aromatic rings. The van der Waals surface area contributed by atoms with Gasteiger partial charge in [0.05, 0.1) is 5.56 Å². The SMILES string of the molecule is CCN1CCCCC1CNC(=O)c1ccccc1N. The average molecular weight is 261 g/mol. The topological polar surface area (TPSA) is 58.4 Å². The monoisotopic (exact) mass is 261 g/mol. The molecule has 1 heterocycles. The highest BCUT2D eigenvalue weighted by atomic mass is 16.1. The number of hydrogen-bond donors (Lipinski definition) is 2. The number of para-hydroxylation sites is 1. The molecule has 0 radical (unpaired) electrons. The number of likely N-dealkylation sites (N-methyl/N-ethyl adjacent to an activating group) is 1. The molecular weight excluding hydrogens is 238 g/mol. The normalized spacial score (nSPS) is 20.2. The van der Waals surface area contributed by atoms with Gasteiger partial charge in [-0.25, -0.2) is 0 Å². The van der Waals surface area contributed by atoms with Crippen LogP contribution < -0.4 is 11.1 Å². The number of nitrogens with one attached hydrogen (secondary N) is 1. The highest BCUT2D eigenvalue weighted by Gasteiger charge is 2.21. The fourth-order valence-corrected chi connectivity index (χ4v) is 2.72. The second-order valence-electron chi connectivity index (χ2n) is 5.08. The van der Waals surface area contributed by atoms with E-state index >= 15 is 0 Å². The van der Waals surface area contributed by atoms with Crippen molar-refractivity contribution < 1.29 is 4.79 Å². The van der Waals surface area contributed by atoms with Gasteiger partial charge < -0.3 is 11.1 Å². The summed E-state index contributed by atoms with van der Waals surface area (Å²) in [6.07, 6.45) is 3.69. The minimum Gasteiger partial charge on any atom is -0.398 e. The maximum Gasteiger partial charge on any atom is 0.253 e. The Morgan fingerprint density at radius 1 is 1.42 bits per heavy atom. The van der Waals surface area contributed by atoms with Crippen LogP contribution in [0.5, 0.6) is 0 Å². The average Bonchev–Trinajstić information content (AvgIpc) is 2.45.